The minimum atomic E-state index is -3.46. The third-order valence-electron chi connectivity index (χ3n) is 2.98. The van der Waals surface area contributed by atoms with Crippen molar-refractivity contribution in [1.29, 1.82) is 0 Å². The number of aryl methyl sites for hydroxylation is 1. The Balaban J connectivity index is 1.93. The molecule has 0 spiro atoms. The number of aromatic nitrogens is 4. The first-order valence-corrected chi connectivity index (χ1v) is 10.1. The summed E-state index contributed by atoms with van der Waals surface area (Å²) in [7, 11) is -3.46. The maximum Gasteiger partial charge on any atom is 0.229 e. The summed E-state index contributed by atoms with van der Waals surface area (Å²) in [6, 6.07) is 3.35. The number of halogens is 1. The van der Waals surface area contributed by atoms with Gasteiger partial charge in [0.25, 0.3) is 0 Å². The Labute approximate surface area is 153 Å². The Morgan fingerprint density at radius 1 is 1.20 bits per heavy atom. The number of nitrogens with one attached hydrogen (secondary N) is 2. The molecule has 0 fully saturated rings. The van der Waals surface area contributed by atoms with E-state index in [9.17, 15) is 8.42 Å². The highest BCUT2D eigenvalue weighted by Gasteiger charge is 2.14. The summed E-state index contributed by atoms with van der Waals surface area (Å²) in [4.78, 5) is 17.5. The number of thiazole rings is 1. The van der Waals surface area contributed by atoms with Gasteiger partial charge < -0.3 is 5.32 Å². The molecule has 2 N–H and O–H groups in total. The summed E-state index contributed by atoms with van der Waals surface area (Å²) in [5.41, 5.74) is 1.68. The van der Waals surface area contributed by atoms with Crippen molar-refractivity contribution in [3.05, 3.63) is 41.6 Å². The molecule has 3 heterocycles. The van der Waals surface area contributed by atoms with Gasteiger partial charge in [-0.05, 0) is 19.1 Å². The lowest BCUT2D eigenvalue weighted by Gasteiger charge is -2.07. The standard InChI is InChI=1S/C14H13ClN6O2S2/c1-8-11(24-14(19-8)20-13-16-4-3-5-17-13)9-6-10(12(15)18-7-9)21-25(2,22)23/h3-7,21H,1-2H3,(H,16,17,19,20). The molecule has 0 unspecified atom stereocenters. The fourth-order valence-corrected chi connectivity index (χ4v) is 3.72. The minimum Gasteiger partial charge on any atom is -0.300 e. The van der Waals surface area contributed by atoms with Crippen LogP contribution in [0.3, 0.4) is 0 Å². The first kappa shape index (κ1) is 17.5. The predicted octanol–water partition coefficient (Wildman–Crippen LogP) is 3.07. The van der Waals surface area contributed by atoms with Gasteiger partial charge >= 0.3 is 0 Å². The molecule has 0 aliphatic heterocycles. The van der Waals surface area contributed by atoms with Gasteiger partial charge in [0.05, 0.1) is 22.5 Å². The van der Waals surface area contributed by atoms with Crippen LogP contribution in [-0.4, -0.2) is 34.6 Å². The normalized spacial score (nSPS) is 11.3. The second-order valence-electron chi connectivity index (χ2n) is 5.07. The zero-order valence-corrected chi connectivity index (χ0v) is 15.6. The Hall–Kier alpha value is -2.30. The second kappa shape index (κ2) is 6.90. The van der Waals surface area contributed by atoms with Gasteiger partial charge in [-0.3, -0.25) is 4.72 Å². The van der Waals surface area contributed by atoms with Crippen molar-refractivity contribution in [2.75, 3.05) is 16.3 Å². The summed E-state index contributed by atoms with van der Waals surface area (Å²) in [5.74, 6) is 0.441. The second-order valence-corrected chi connectivity index (χ2v) is 8.17. The zero-order valence-electron chi connectivity index (χ0n) is 13.2. The third-order valence-corrected chi connectivity index (χ3v) is 4.99. The van der Waals surface area contributed by atoms with Crippen molar-refractivity contribution in [2.24, 2.45) is 0 Å². The number of sulfonamides is 1. The van der Waals surface area contributed by atoms with Crippen molar-refractivity contribution >= 4 is 49.7 Å². The molecule has 0 saturated heterocycles. The van der Waals surface area contributed by atoms with Crippen LogP contribution in [0.25, 0.3) is 10.4 Å². The Kier molecular flexibility index (Phi) is 4.84. The van der Waals surface area contributed by atoms with Crippen molar-refractivity contribution < 1.29 is 8.42 Å². The lowest BCUT2D eigenvalue weighted by Crippen LogP contribution is -2.10. The van der Waals surface area contributed by atoms with E-state index in [4.69, 9.17) is 11.6 Å². The van der Waals surface area contributed by atoms with Crippen LogP contribution in [-0.2, 0) is 10.0 Å². The van der Waals surface area contributed by atoms with Crippen LogP contribution >= 0.6 is 22.9 Å². The Morgan fingerprint density at radius 2 is 1.92 bits per heavy atom. The van der Waals surface area contributed by atoms with E-state index >= 15 is 0 Å². The summed E-state index contributed by atoms with van der Waals surface area (Å²) < 4.78 is 25.2. The predicted molar refractivity (Wildman–Crippen MR) is 98.9 cm³/mol. The Morgan fingerprint density at radius 3 is 2.60 bits per heavy atom. The molecule has 11 heteroatoms. The third kappa shape index (κ3) is 4.41. The van der Waals surface area contributed by atoms with Crippen LogP contribution in [0.15, 0.2) is 30.7 Å². The van der Waals surface area contributed by atoms with Crippen molar-refractivity contribution in [1.82, 2.24) is 19.9 Å². The summed E-state index contributed by atoms with van der Waals surface area (Å²) in [5, 5.41) is 3.72. The SMILES string of the molecule is Cc1nc(Nc2ncccn2)sc1-c1cnc(Cl)c(NS(C)(=O)=O)c1. The number of rotatable bonds is 5. The highest BCUT2D eigenvalue weighted by Crippen LogP contribution is 2.35. The molecule has 0 radical (unpaired) electrons. The lowest BCUT2D eigenvalue weighted by molar-refractivity contribution is 0.607. The largest absolute Gasteiger partial charge is 0.300 e. The topological polar surface area (TPSA) is 110 Å². The number of anilines is 3. The number of pyridine rings is 1. The number of nitrogens with zero attached hydrogens (tertiary/aromatic N) is 4. The first-order valence-electron chi connectivity index (χ1n) is 6.97. The summed E-state index contributed by atoms with van der Waals surface area (Å²) >= 11 is 7.34. The highest BCUT2D eigenvalue weighted by molar-refractivity contribution is 7.92. The average molecular weight is 397 g/mol. The van der Waals surface area contributed by atoms with Crippen LogP contribution < -0.4 is 10.0 Å². The fourth-order valence-electron chi connectivity index (χ4n) is 2.02. The monoisotopic (exact) mass is 396 g/mol. The van der Waals surface area contributed by atoms with Crippen LogP contribution in [0.4, 0.5) is 16.8 Å². The van der Waals surface area contributed by atoms with Crippen LogP contribution in [0, 0.1) is 6.92 Å². The Bertz CT molecular complexity index is 1010. The van der Waals surface area contributed by atoms with E-state index in [2.05, 4.69) is 30.0 Å². The summed E-state index contributed by atoms with van der Waals surface area (Å²) in [6.45, 7) is 1.85. The van der Waals surface area contributed by atoms with E-state index in [1.54, 1.807) is 30.7 Å². The van der Waals surface area contributed by atoms with Gasteiger partial charge in [-0.15, -0.1) is 0 Å². The van der Waals surface area contributed by atoms with Gasteiger partial charge in [0.1, 0.15) is 0 Å². The fraction of sp³-hybridized carbons (Fsp3) is 0.143. The summed E-state index contributed by atoms with van der Waals surface area (Å²) in [6.07, 6.45) is 5.88. The van der Waals surface area contributed by atoms with E-state index in [1.165, 1.54) is 11.3 Å². The molecule has 0 atom stereocenters. The van der Waals surface area contributed by atoms with Crippen molar-refractivity contribution in [3.8, 4) is 10.4 Å². The van der Waals surface area contributed by atoms with Gasteiger partial charge in [0.2, 0.25) is 16.0 Å². The molecular formula is C14H13ClN6O2S2. The molecule has 25 heavy (non-hydrogen) atoms. The molecule has 3 aromatic heterocycles. The van der Waals surface area contributed by atoms with E-state index in [0.717, 1.165) is 16.8 Å². The molecule has 3 rings (SSSR count). The van der Waals surface area contributed by atoms with Crippen LogP contribution in [0.2, 0.25) is 5.15 Å². The maximum atomic E-state index is 11.4. The smallest absolute Gasteiger partial charge is 0.229 e. The zero-order chi connectivity index (χ0) is 18.0. The molecular weight excluding hydrogens is 384 g/mol. The number of hydrogen-bond donors (Lipinski definition) is 2. The molecule has 0 bridgehead atoms. The molecule has 0 aliphatic rings. The molecule has 3 aromatic rings. The molecule has 8 nitrogen and oxygen atoms in total. The van der Waals surface area contributed by atoms with E-state index < -0.39 is 10.0 Å². The first-order chi connectivity index (χ1) is 11.8. The van der Waals surface area contributed by atoms with E-state index in [0.29, 0.717) is 16.6 Å². The van der Waals surface area contributed by atoms with Crippen molar-refractivity contribution in [3.63, 3.8) is 0 Å². The number of hydrogen-bond acceptors (Lipinski definition) is 8. The average Bonchev–Trinajstić information content (AvgIpc) is 2.90. The molecule has 0 aromatic carbocycles. The molecule has 0 aliphatic carbocycles. The minimum absolute atomic E-state index is 0.0763. The molecule has 0 saturated carbocycles. The molecule has 130 valence electrons. The van der Waals surface area contributed by atoms with Gasteiger partial charge in [-0.1, -0.05) is 22.9 Å². The van der Waals surface area contributed by atoms with Crippen LogP contribution in [0.5, 0.6) is 0 Å². The highest BCUT2D eigenvalue weighted by atomic mass is 35.5. The van der Waals surface area contributed by atoms with Gasteiger partial charge in [-0.2, -0.15) is 0 Å². The van der Waals surface area contributed by atoms with Gasteiger partial charge in [0, 0.05) is 24.2 Å². The van der Waals surface area contributed by atoms with Crippen molar-refractivity contribution in [2.45, 2.75) is 6.92 Å². The van der Waals surface area contributed by atoms with E-state index in [-0.39, 0.29) is 10.8 Å². The molecule has 0 amide bonds. The quantitative estimate of drug-likeness (QED) is 0.637. The van der Waals surface area contributed by atoms with Gasteiger partial charge in [0.15, 0.2) is 10.3 Å². The van der Waals surface area contributed by atoms with Crippen LogP contribution in [0.1, 0.15) is 5.69 Å². The maximum absolute atomic E-state index is 11.4. The lowest BCUT2D eigenvalue weighted by atomic mass is 10.2. The van der Waals surface area contributed by atoms with E-state index in [1.807, 2.05) is 6.92 Å². The van der Waals surface area contributed by atoms with Gasteiger partial charge in [-0.25, -0.2) is 28.4 Å².